The molecule has 0 aromatic heterocycles. The summed E-state index contributed by atoms with van der Waals surface area (Å²) in [7, 11) is 0. The van der Waals surface area contributed by atoms with Crippen LogP contribution < -0.4 is 5.32 Å². The number of rotatable bonds is 7. The third-order valence-corrected chi connectivity index (χ3v) is 4.61. The molecule has 0 aliphatic carbocycles. The number of carbonyl (C=O) groups excluding carboxylic acids is 1. The summed E-state index contributed by atoms with van der Waals surface area (Å²) < 4.78 is 0. The van der Waals surface area contributed by atoms with Gasteiger partial charge in [0, 0.05) is 17.6 Å². The van der Waals surface area contributed by atoms with Gasteiger partial charge in [0.2, 0.25) is 0 Å². The van der Waals surface area contributed by atoms with Crippen LogP contribution >= 0.6 is 23.2 Å². The summed E-state index contributed by atoms with van der Waals surface area (Å²) in [6.45, 7) is 2.89. The molecule has 2 N–H and O–H groups in total. The lowest BCUT2D eigenvalue weighted by molar-refractivity contribution is 0.0952. The highest BCUT2D eigenvalue weighted by atomic mass is 35.5. The van der Waals surface area contributed by atoms with E-state index < -0.39 is 0 Å². The summed E-state index contributed by atoms with van der Waals surface area (Å²) in [5.74, 6) is -0.193. The largest absolute Gasteiger partial charge is 0.395 e. The number of likely N-dealkylation sites (tertiary alicyclic amines) is 1. The Bertz CT molecular complexity index is 511. The fourth-order valence-electron chi connectivity index (χ4n) is 2.80. The maximum atomic E-state index is 12.0. The predicted octanol–water partition coefficient (Wildman–Crippen LogP) is 2.96. The number of nitrogens with zero attached hydrogens (tertiary/aromatic N) is 1. The van der Waals surface area contributed by atoms with E-state index in [-0.39, 0.29) is 12.5 Å². The first-order valence-corrected chi connectivity index (χ1v) is 8.45. The van der Waals surface area contributed by atoms with E-state index in [9.17, 15) is 9.90 Å². The topological polar surface area (TPSA) is 52.6 Å². The van der Waals surface area contributed by atoms with E-state index in [1.54, 1.807) is 18.2 Å². The van der Waals surface area contributed by atoms with Gasteiger partial charge in [0.05, 0.1) is 17.2 Å². The van der Waals surface area contributed by atoms with Crippen LogP contribution in [0.5, 0.6) is 0 Å². The summed E-state index contributed by atoms with van der Waals surface area (Å²) in [4.78, 5) is 14.4. The maximum Gasteiger partial charge on any atom is 0.252 e. The molecule has 4 nitrogen and oxygen atoms in total. The van der Waals surface area contributed by atoms with Crippen LogP contribution in [0.2, 0.25) is 10.0 Å². The molecule has 0 spiro atoms. The number of amides is 1. The molecule has 1 amide bonds. The van der Waals surface area contributed by atoms with E-state index in [0.717, 1.165) is 38.8 Å². The minimum Gasteiger partial charge on any atom is -0.395 e. The van der Waals surface area contributed by atoms with Crippen molar-refractivity contribution in [2.24, 2.45) is 0 Å². The number of nitrogens with one attached hydrogen (secondary N) is 1. The molecule has 1 aliphatic rings. The van der Waals surface area contributed by atoms with Crippen molar-refractivity contribution >= 4 is 29.1 Å². The van der Waals surface area contributed by atoms with Crippen LogP contribution in [0.4, 0.5) is 0 Å². The van der Waals surface area contributed by atoms with Crippen molar-refractivity contribution in [1.29, 1.82) is 0 Å². The van der Waals surface area contributed by atoms with Gasteiger partial charge in [-0.05, 0) is 57.0 Å². The molecule has 0 radical (unpaired) electrons. The highest BCUT2D eigenvalue weighted by Gasteiger charge is 2.22. The number of carbonyl (C=O) groups is 1. The number of aliphatic hydroxyl groups is 1. The molecule has 1 unspecified atom stereocenters. The van der Waals surface area contributed by atoms with Crippen LogP contribution in [0.25, 0.3) is 0 Å². The Kier molecular flexibility index (Phi) is 6.96. The van der Waals surface area contributed by atoms with Crippen LogP contribution in [0.15, 0.2) is 18.2 Å². The van der Waals surface area contributed by atoms with E-state index in [1.165, 1.54) is 0 Å². The summed E-state index contributed by atoms with van der Waals surface area (Å²) in [6, 6.07) is 5.19. The van der Waals surface area contributed by atoms with Crippen molar-refractivity contribution in [3.63, 3.8) is 0 Å². The lowest BCUT2D eigenvalue weighted by Gasteiger charge is -2.22. The van der Waals surface area contributed by atoms with Gasteiger partial charge in [0.25, 0.3) is 5.91 Å². The summed E-state index contributed by atoms with van der Waals surface area (Å²) in [5, 5.41) is 13.0. The van der Waals surface area contributed by atoms with E-state index >= 15 is 0 Å². The third-order valence-electron chi connectivity index (χ3n) is 4.04. The Balaban J connectivity index is 1.68. The highest BCUT2D eigenvalue weighted by Crippen LogP contribution is 2.20. The smallest absolute Gasteiger partial charge is 0.252 e. The zero-order valence-electron chi connectivity index (χ0n) is 12.5. The number of aliphatic hydroxyl groups excluding tert-OH is 1. The minimum absolute atomic E-state index is 0.193. The molecular formula is C16H22Cl2N2O2. The molecule has 1 atom stereocenters. The number of hydrogen-bond acceptors (Lipinski definition) is 3. The van der Waals surface area contributed by atoms with E-state index in [2.05, 4.69) is 10.2 Å². The zero-order valence-corrected chi connectivity index (χ0v) is 14.0. The molecule has 1 heterocycles. The molecule has 1 saturated heterocycles. The standard InChI is InChI=1S/C16H22Cl2N2O2/c17-12-5-6-15(18)14(10-12)16(22)19-7-1-2-8-20-9-3-4-13(20)11-21/h5-6,10,13,21H,1-4,7-9,11H2,(H,19,22). The molecule has 1 fully saturated rings. The van der Waals surface area contributed by atoms with Crippen molar-refractivity contribution in [3.8, 4) is 0 Å². The molecule has 0 saturated carbocycles. The summed E-state index contributed by atoms with van der Waals surface area (Å²) in [5.41, 5.74) is 0.411. The van der Waals surface area contributed by atoms with Gasteiger partial charge in [-0.2, -0.15) is 0 Å². The molecule has 1 aromatic rings. The Labute approximate surface area is 141 Å². The third kappa shape index (κ3) is 4.85. The van der Waals surface area contributed by atoms with Crippen LogP contribution in [0, 0.1) is 0 Å². The van der Waals surface area contributed by atoms with E-state index in [1.807, 2.05) is 0 Å². The molecule has 1 aromatic carbocycles. The average molecular weight is 345 g/mol. The van der Waals surface area contributed by atoms with Gasteiger partial charge in [-0.3, -0.25) is 9.69 Å². The molecule has 122 valence electrons. The van der Waals surface area contributed by atoms with Crippen molar-refractivity contribution < 1.29 is 9.90 Å². The van der Waals surface area contributed by atoms with Crippen molar-refractivity contribution in [1.82, 2.24) is 10.2 Å². The van der Waals surface area contributed by atoms with Gasteiger partial charge in [-0.15, -0.1) is 0 Å². The molecular weight excluding hydrogens is 323 g/mol. The van der Waals surface area contributed by atoms with Gasteiger partial charge >= 0.3 is 0 Å². The lowest BCUT2D eigenvalue weighted by Crippen LogP contribution is -2.33. The Morgan fingerprint density at radius 2 is 2.18 bits per heavy atom. The van der Waals surface area contributed by atoms with Crippen LogP contribution in [-0.4, -0.2) is 48.2 Å². The molecule has 0 bridgehead atoms. The maximum absolute atomic E-state index is 12.0. The average Bonchev–Trinajstić information content (AvgIpc) is 2.96. The Morgan fingerprint density at radius 1 is 1.36 bits per heavy atom. The van der Waals surface area contributed by atoms with Crippen LogP contribution in [-0.2, 0) is 0 Å². The van der Waals surface area contributed by atoms with Crippen molar-refractivity contribution in [3.05, 3.63) is 33.8 Å². The zero-order chi connectivity index (χ0) is 15.9. The first-order chi connectivity index (χ1) is 10.6. The molecule has 6 heteroatoms. The van der Waals surface area contributed by atoms with E-state index in [4.69, 9.17) is 23.2 Å². The Hall–Kier alpha value is -0.810. The van der Waals surface area contributed by atoms with Gasteiger partial charge < -0.3 is 10.4 Å². The van der Waals surface area contributed by atoms with Gasteiger partial charge in [-0.1, -0.05) is 23.2 Å². The Morgan fingerprint density at radius 3 is 2.95 bits per heavy atom. The quantitative estimate of drug-likeness (QED) is 0.747. The fraction of sp³-hybridized carbons (Fsp3) is 0.562. The van der Waals surface area contributed by atoms with Crippen molar-refractivity contribution in [2.45, 2.75) is 31.7 Å². The molecule has 2 rings (SSSR count). The first-order valence-electron chi connectivity index (χ1n) is 7.70. The highest BCUT2D eigenvalue weighted by molar-refractivity contribution is 6.35. The number of benzene rings is 1. The molecule has 1 aliphatic heterocycles. The first kappa shape index (κ1) is 17.5. The number of halogens is 2. The lowest BCUT2D eigenvalue weighted by atomic mass is 10.2. The fourth-order valence-corrected chi connectivity index (χ4v) is 3.18. The van der Waals surface area contributed by atoms with Crippen molar-refractivity contribution in [2.75, 3.05) is 26.2 Å². The van der Waals surface area contributed by atoms with Crippen LogP contribution in [0.3, 0.4) is 0 Å². The second-order valence-corrected chi connectivity index (χ2v) is 6.45. The summed E-state index contributed by atoms with van der Waals surface area (Å²) >= 11 is 11.9. The van der Waals surface area contributed by atoms with Crippen LogP contribution in [0.1, 0.15) is 36.0 Å². The second kappa shape index (κ2) is 8.73. The second-order valence-electron chi connectivity index (χ2n) is 5.60. The van der Waals surface area contributed by atoms with Gasteiger partial charge in [0.1, 0.15) is 0 Å². The van der Waals surface area contributed by atoms with Gasteiger partial charge in [0.15, 0.2) is 0 Å². The predicted molar refractivity (Wildman–Crippen MR) is 89.7 cm³/mol. The minimum atomic E-state index is -0.193. The molecule has 22 heavy (non-hydrogen) atoms. The summed E-state index contributed by atoms with van der Waals surface area (Å²) in [6.07, 6.45) is 4.15. The number of unbranched alkanes of at least 4 members (excludes halogenated alkanes) is 1. The monoisotopic (exact) mass is 344 g/mol. The van der Waals surface area contributed by atoms with E-state index in [0.29, 0.717) is 28.2 Å². The number of hydrogen-bond donors (Lipinski definition) is 2. The normalized spacial score (nSPS) is 18.6. The van der Waals surface area contributed by atoms with Gasteiger partial charge in [-0.25, -0.2) is 0 Å². The SMILES string of the molecule is O=C(NCCCCN1CCCC1CO)c1cc(Cl)ccc1Cl.